The average Bonchev–Trinajstić information content (AvgIpc) is 3.48. The number of aromatic nitrogens is 5. The fourth-order valence-electron chi connectivity index (χ4n) is 3.60. The number of aliphatic hydroxyl groups is 1. The minimum absolute atomic E-state index is 0.162. The van der Waals surface area contributed by atoms with Crippen LogP contribution in [0, 0.1) is 12.7 Å². The molecule has 3 aromatic heterocycles. The Morgan fingerprint density at radius 3 is 2.27 bits per heavy atom. The van der Waals surface area contributed by atoms with Crippen LogP contribution in [0.2, 0.25) is 0 Å². The van der Waals surface area contributed by atoms with Gasteiger partial charge in [-0.05, 0) is 45.0 Å². The Morgan fingerprint density at radius 1 is 1.11 bits per heavy atom. The van der Waals surface area contributed by atoms with Gasteiger partial charge in [0, 0.05) is 0 Å². The van der Waals surface area contributed by atoms with Crippen LogP contribution in [0.25, 0.3) is 17.3 Å². The minimum Gasteiger partial charge on any atom is -0.494 e. The summed E-state index contributed by atoms with van der Waals surface area (Å²) < 4.78 is 60.7. The van der Waals surface area contributed by atoms with Crippen LogP contribution in [-0.4, -0.2) is 57.7 Å². The predicted octanol–water partition coefficient (Wildman–Crippen LogP) is 2.82. The van der Waals surface area contributed by atoms with Gasteiger partial charge in [-0.15, -0.1) is 10.2 Å². The molecule has 14 heteroatoms. The van der Waals surface area contributed by atoms with E-state index in [1.165, 1.54) is 32.6 Å². The average molecular weight is 533 g/mol. The molecular formula is C23H25FN6O6S. The summed E-state index contributed by atoms with van der Waals surface area (Å²) in [5.41, 5.74) is -1.78. The molecule has 0 aliphatic heterocycles. The largest absolute Gasteiger partial charge is 0.494 e. The van der Waals surface area contributed by atoms with Crippen molar-refractivity contribution < 1.29 is 31.8 Å². The van der Waals surface area contributed by atoms with Crippen molar-refractivity contribution in [3.63, 3.8) is 0 Å². The SMILES string of the molecule is COc1cccc(OC)c1-n1c(NS(=O)(=O)[C@@H](C)[C@@](C)(O)c2ncc(F)cn2)nnc1-c1ccc(C)o1. The Balaban J connectivity index is 1.84. The fraction of sp³-hybridized carbons (Fsp3) is 0.304. The van der Waals surface area contributed by atoms with E-state index in [-0.39, 0.29) is 17.6 Å². The van der Waals surface area contributed by atoms with E-state index in [1.807, 2.05) is 0 Å². The number of methoxy groups -OCH3 is 2. The topological polar surface area (TPSA) is 154 Å². The number of halogens is 1. The van der Waals surface area contributed by atoms with Crippen molar-refractivity contribution in [1.29, 1.82) is 0 Å². The number of nitrogens with one attached hydrogen (secondary N) is 1. The lowest BCUT2D eigenvalue weighted by Crippen LogP contribution is -2.44. The summed E-state index contributed by atoms with van der Waals surface area (Å²) in [6.07, 6.45) is 1.68. The van der Waals surface area contributed by atoms with Gasteiger partial charge in [0.05, 0.1) is 26.6 Å². The molecule has 0 fully saturated rings. The summed E-state index contributed by atoms with van der Waals surface area (Å²) in [5.74, 6) is 0.516. The lowest BCUT2D eigenvalue weighted by molar-refractivity contribution is 0.0469. The lowest BCUT2D eigenvalue weighted by Gasteiger charge is -2.28. The highest BCUT2D eigenvalue weighted by atomic mass is 32.2. The number of ether oxygens (including phenoxy) is 2. The third-order valence-electron chi connectivity index (χ3n) is 5.81. The van der Waals surface area contributed by atoms with Crippen LogP contribution in [0.15, 0.2) is 47.1 Å². The number of anilines is 1. The zero-order valence-electron chi connectivity index (χ0n) is 20.6. The molecular weight excluding hydrogens is 507 g/mol. The Hall–Kier alpha value is -4.04. The molecule has 37 heavy (non-hydrogen) atoms. The first kappa shape index (κ1) is 26.0. The molecule has 0 bridgehead atoms. The smallest absolute Gasteiger partial charge is 0.243 e. The highest BCUT2D eigenvalue weighted by Gasteiger charge is 2.43. The van der Waals surface area contributed by atoms with E-state index >= 15 is 0 Å². The Morgan fingerprint density at radius 2 is 1.73 bits per heavy atom. The van der Waals surface area contributed by atoms with Gasteiger partial charge in [-0.2, -0.15) is 0 Å². The number of aryl methyl sites for hydroxylation is 1. The number of sulfonamides is 1. The van der Waals surface area contributed by atoms with Crippen molar-refractivity contribution in [3.8, 4) is 28.8 Å². The molecule has 196 valence electrons. The summed E-state index contributed by atoms with van der Waals surface area (Å²) in [4.78, 5) is 7.48. The number of hydrogen-bond donors (Lipinski definition) is 2. The van der Waals surface area contributed by atoms with Gasteiger partial charge in [-0.3, -0.25) is 9.29 Å². The van der Waals surface area contributed by atoms with Crippen molar-refractivity contribution in [1.82, 2.24) is 24.7 Å². The number of para-hydroxylation sites is 1. The standard InChI is InChI=1S/C23H25FN6O6S/c1-13-9-10-18(36-13)20-27-28-22(30(20)19-16(34-4)7-6-8-17(19)35-5)29-37(32,33)14(2)23(3,31)21-25-11-15(24)12-26-21/h6-12,14,31H,1-5H3,(H,28,29)/t14-,23+/m0/s1. The van der Waals surface area contributed by atoms with Gasteiger partial charge in [-0.1, -0.05) is 6.07 Å². The normalized spacial score (nSPS) is 14.1. The van der Waals surface area contributed by atoms with Crippen LogP contribution in [0.4, 0.5) is 10.3 Å². The second-order valence-corrected chi connectivity index (χ2v) is 10.3. The molecule has 1 aromatic carbocycles. The van der Waals surface area contributed by atoms with Crippen LogP contribution in [0.3, 0.4) is 0 Å². The third-order valence-corrected chi connectivity index (χ3v) is 7.67. The quantitative estimate of drug-likeness (QED) is 0.329. The van der Waals surface area contributed by atoms with Gasteiger partial charge in [0.2, 0.25) is 21.8 Å². The van der Waals surface area contributed by atoms with Gasteiger partial charge in [-0.25, -0.2) is 22.8 Å². The molecule has 0 spiro atoms. The van der Waals surface area contributed by atoms with Crippen LogP contribution in [0.1, 0.15) is 25.4 Å². The maximum atomic E-state index is 13.5. The highest BCUT2D eigenvalue weighted by molar-refractivity contribution is 7.93. The maximum absolute atomic E-state index is 13.5. The number of rotatable bonds is 9. The Bertz CT molecular complexity index is 1490. The number of nitrogens with zero attached hydrogens (tertiary/aromatic N) is 5. The fourth-order valence-corrected chi connectivity index (χ4v) is 4.87. The van der Waals surface area contributed by atoms with Crippen molar-refractivity contribution in [2.24, 2.45) is 0 Å². The molecule has 4 aromatic rings. The van der Waals surface area contributed by atoms with Gasteiger partial charge >= 0.3 is 0 Å². The van der Waals surface area contributed by atoms with Crippen LogP contribution < -0.4 is 14.2 Å². The zero-order valence-corrected chi connectivity index (χ0v) is 21.4. The van der Waals surface area contributed by atoms with Crippen LogP contribution >= 0.6 is 0 Å². The van der Waals surface area contributed by atoms with Crippen LogP contribution in [-0.2, 0) is 15.6 Å². The molecule has 4 rings (SSSR count). The molecule has 0 radical (unpaired) electrons. The van der Waals surface area contributed by atoms with Crippen molar-refractivity contribution in [2.45, 2.75) is 31.6 Å². The van der Waals surface area contributed by atoms with Gasteiger partial charge in [0.15, 0.2) is 17.4 Å². The zero-order chi connectivity index (χ0) is 27.0. The summed E-state index contributed by atoms with van der Waals surface area (Å²) in [5, 5.41) is 17.7. The number of hydrogen-bond acceptors (Lipinski definition) is 10. The molecule has 2 N–H and O–H groups in total. The highest BCUT2D eigenvalue weighted by Crippen LogP contribution is 2.38. The minimum atomic E-state index is -4.37. The number of furan rings is 1. The maximum Gasteiger partial charge on any atom is 0.243 e. The van der Waals surface area contributed by atoms with E-state index in [9.17, 15) is 17.9 Å². The lowest BCUT2D eigenvalue weighted by atomic mass is 10.0. The summed E-state index contributed by atoms with van der Waals surface area (Å²) in [6, 6.07) is 8.40. The molecule has 0 saturated heterocycles. The van der Waals surface area contributed by atoms with Crippen molar-refractivity contribution in [3.05, 3.63) is 60.1 Å². The van der Waals surface area contributed by atoms with E-state index in [1.54, 1.807) is 37.3 Å². The van der Waals surface area contributed by atoms with Crippen molar-refractivity contribution >= 4 is 16.0 Å². The van der Waals surface area contributed by atoms with Crippen LogP contribution in [0.5, 0.6) is 11.5 Å². The van der Waals surface area contributed by atoms with E-state index in [2.05, 4.69) is 24.9 Å². The van der Waals surface area contributed by atoms with E-state index < -0.39 is 26.7 Å². The molecule has 3 heterocycles. The third kappa shape index (κ3) is 4.84. The summed E-state index contributed by atoms with van der Waals surface area (Å²) in [7, 11) is -1.47. The molecule has 0 unspecified atom stereocenters. The number of benzene rings is 1. The van der Waals surface area contributed by atoms with Gasteiger partial charge < -0.3 is 19.0 Å². The molecule has 0 aliphatic carbocycles. The van der Waals surface area contributed by atoms with E-state index in [0.29, 0.717) is 28.7 Å². The predicted molar refractivity (Wildman–Crippen MR) is 130 cm³/mol. The molecule has 2 atom stereocenters. The first-order chi connectivity index (χ1) is 17.5. The Kier molecular flexibility index (Phi) is 6.88. The Labute approximate surface area is 212 Å². The second kappa shape index (κ2) is 9.78. The molecule has 12 nitrogen and oxygen atoms in total. The molecule has 0 saturated carbocycles. The summed E-state index contributed by atoms with van der Waals surface area (Å²) >= 11 is 0. The summed E-state index contributed by atoms with van der Waals surface area (Å²) in [6.45, 7) is 4.23. The monoisotopic (exact) mass is 532 g/mol. The van der Waals surface area contributed by atoms with E-state index in [4.69, 9.17) is 13.9 Å². The van der Waals surface area contributed by atoms with Crippen molar-refractivity contribution in [2.75, 3.05) is 18.9 Å². The second-order valence-electron chi connectivity index (χ2n) is 8.27. The van der Waals surface area contributed by atoms with E-state index in [0.717, 1.165) is 12.4 Å². The molecule has 0 aliphatic rings. The van der Waals surface area contributed by atoms with Gasteiger partial charge in [0.1, 0.15) is 33.8 Å². The molecule has 0 amide bonds. The first-order valence-corrected chi connectivity index (χ1v) is 12.5. The first-order valence-electron chi connectivity index (χ1n) is 10.9. The van der Waals surface area contributed by atoms with Gasteiger partial charge in [0.25, 0.3) is 0 Å².